The standard InChI is InChI=1S/C14H23NO2S/c1-10-11(2)13(17)15(12(10)16)8-14(9-18)6-4-3-5-7-14/h10-11,18H,3-9H2,1-2H3. The summed E-state index contributed by atoms with van der Waals surface area (Å²) in [5.74, 6) is 0.488. The first-order chi connectivity index (χ1) is 8.51. The van der Waals surface area contributed by atoms with Gasteiger partial charge < -0.3 is 0 Å². The summed E-state index contributed by atoms with van der Waals surface area (Å²) in [6.45, 7) is 4.31. The minimum absolute atomic E-state index is 0.0132. The van der Waals surface area contributed by atoms with Gasteiger partial charge in [-0.2, -0.15) is 12.6 Å². The Bertz CT molecular complexity index is 330. The zero-order chi connectivity index (χ0) is 13.3. The molecule has 0 aromatic heterocycles. The summed E-state index contributed by atoms with van der Waals surface area (Å²) in [7, 11) is 0. The summed E-state index contributed by atoms with van der Waals surface area (Å²) in [6.07, 6.45) is 5.85. The van der Waals surface area contributed by atoms with Crippen molar-refractivity contribution in [3.63, 3.8) is 0 Å². The SMILES string of the molecule is CC1C(=O)N(CC2(CS)CCCCC2)C(=O)C1C. The van der Waals surface area contributed by atoms with Gasteiger partial charge in [-0.1, -0.05) is 33.1 Å². The molecule has 102 valence electrons. The average Bonchev–Trinajstić information content (AvgIpc) is 2.58. The molecule has 4 heteroatoms. The number of amides is 2. The van der Waals surface area contributed by atoms with Gasteiger partial charge in [-0.3, -0.25) is 14.5 Å². The Morgan fingerprint density at radius 2 is 1.61 bits per heavy atom. The Morgan fingerprint density at radius 3 is 2.06 bits per heavy atom. The quantitative estimate of drug-likeness (QED) is 0.631. The molecular formula is C14H23NO2S. The fourth-order valence-corrected chi connectivity index (χ4v) is 3.60. The highest BCUT2D eigenvalue weighted by Crippen LogP contribution is 2.40. The summed E-state index contributed by atoms with van der Waals surface area (Å²) in [5.41, 5.74) is 0.0659. The number of carbonyl (C=O) groups is 2. The minimum atomic E-state index is -0.155. The minimum Gasteiger partial charge on any atom is -0.282 e. The Labute approximate surface area is 115 Å². The van der Waals surface area contributed by atoms with Crippen molar-refractivity contribution in [3.05, 3.63) is 0 Å². The van der Waals surface area contributed by atoms with Crippen molar-refractivity contribution in [2.75, 3.05) is 12.3 Å². The van der Waals surface area contributed by atoms with Crippen molar-refractivity contribution < 1.29 is 9.59 Å². The second-order valence-electron chi connectivity index (χ2n) is 6.06. The van der Waals surface area contributed by atoms with Gasteiger partial charge in [-0.15, -0.1) is 0 Å². The maximum atomic E-state index is 12.1. The molecule has 0 aromatic rings. The first-order valence-electron chi connectivity index (χ1n) is 6.97. The molecule has 1 saturated carbocycles. The lowest BCUT2D eigenvalue weighted by molar-refractivity contribution is -0.141. The molecule has 0 N–H and O–H groups in total. The van der Waals surface area contributed by atoms with Crippen LogP contribution in [0.1, 0.15) is 46.0 Å². The van der Waals surface area contributed by atoms with E-state index in [4.69, 9.17) is 0 Å². The molecule has 2 unspecified atom stereocenters. The van der Waals surface area contributed by atoms with Crippen LogP contribution in [0.4, 0.5) is 0 Å². The summed E-state index contributed by atoms with van der Waals surface area (Å²) in [6, 6.07) is 0. The van der Waals surface area contributed by atoms with Crippen molar-refractivity contribution in [2.24, 2.45) is 17.3 Å². The number of imide groups is 1. The molecule has 1 heterocycles. The third-order valence-corrected chi connectivity index (χ3v) is 5.48. The van der Waals surface area contributed by atoms with Gasteiger partial charge in [0.2, 0.25) is 11.8 Å². The Hall–Kier alpha value is -0.510. The van der Waals surface area contributed by atoms with Crippen LogP contribution < -0.4 is 0 Å². The second-order valence-corrected chi connectivity index (χ2v) is 6.37. The summed E-state index contributed by atoms with van der Waals surface area (Å²) in [4.78, 5) is 25.8. The van der Waals surface area contributed by atoms with Crippen LogP contribution in [-0.2, 0) is 9.59 Å². The molecule has 0 spiro atoms. The fourth-order valence-electron chi connectivity index (χ4n) is 3.19. The summed E-state index contributed by atoms with van der Waals surface area (Å²) in [5, 5.41) is 0. The molecule has 2 fully saturated rings. The van der Waals surface area contributed by atoms with Gasteiger partial charge in [0.1, 0.15) is 0 Å². The molecule has 2 rings (SSSR count). The third kappa shape index (κ3) is 2.31. The van der Waals surface area contributed by atoms with E-state index in [2.05, 4.69) is 12.6 Å². The highest BCUT2D eigenvalue weighted by Gasteiger charge is 2.45. The van der Waals surface area contributed by atoms with Gasteiger partial charge in [0.15, 0.2) is 0 Å². The molecule has 0 aromatic carbocycles. The number of hydrogen-bond acceptors (Lipinski definition) is 3. The van der Waals surface area contributed by atoms with E-state index in [9.17, 15) is 9.59 Å². The van der Waals surface area contributed by atoms with Crippen LogP contribution in [0.2, 0.25) is 0 Å². The summed E-state index contributed by atoms with van der Waals surface area (Å²) >= 11 is 4.48. The lowest BCUT2D eigenvalue weighted by Crippen LogP contribution is -2.43. The van der Waals surface area contributed by atoms with Crippen LogP contribution in [0, 0.1) is 17.3 Å². The maximum absolute atomic E-state index is 12.1. The van der Waals surface area contributed by atoms with Crippen LogP contribution in [0.25, 0.3) is 0 Å². The second kappa shape index (κ2) is 5.24. The Kier molecular flexibility index (Phi) is 4.05. The average molecular weight is 269 g/mol. The largest absolute Gasteiger partial charge is 0.282 e. The van der Waals surface area contributed by atoms with E-state index >= 15 is 0 Å². The Morgan fingerprint density at radius 1 is 1.11 bits per heavy atom. The molecule has 1 aliphatic carbocycles. The first kappa shape index (κ1) is 13.9. The van der Waals surface area contributed by atoms with Crippen LogP contribution in [-0.4, -0.2) is 29.0 Å². The number of hydrogen-bond donors (Lipinski definition) is 1. The molecule has 0 bridgehead atoms. The van der Waals surface area contributed by atoms with E-state index in [0.29, 0.717) is 6.54 Å². The number of carbonyl (C=O) groups excluding carboxylic acids is 2. The smallest absolute Gasteiger partial charge is 0.232 e. The van der Waals surface area contributed by atoms with Crippen molar-refractivity contribution in [2.45, 2.75) is 46.0 Å². The van der Waals surface area contributed by atoms with Crippen molar-refractivity contribution in [3.8, 4) is 0 Å². The van der Waals surface area contributed by atoms with Gasteiger partial charge in [0.05, 0.1) is 0 Å². The van der Waals surface area contributed by atoms with E-state index in [-0.39, 0.29) is 29.1 Å². The molecular weight excluding hydrogens is 246 g/mol. The van der Waals surface area contributed by atoms with Crippen LogP contribution in [0.5, 0.6) is 0 Å². The molecule has 1 saturated heterocycles. The summed E-state index contributed by atoms with van der Waals surface area (Å²) < 4.78 is 0. The predicted molar refractivity (Wildman–Crippen MR) is 74.4 cm³/mol. The van der Waals surface area contributed by atoms with Gasteiger partial charge in [0, 0.05) is 18.4 Å². The van der Waals surface area contributed by atoms with Gasteiger partial charge in [0.25, 0.3) is 0 Å². The predicted octanol–water partition coefficient (Wildman–Crippen LogP) is 2.51. The molecule has 3 nitrogen and oxygen atoms in total. The Balaban J connectivity index is 2.12. The molecule has 1 aliphatic heterocycles. The van der Waals surface area contributed by atoms with Crippen molar-refractivity contribution in [1.29, 1.82) is 0 Å². The molecule has 2 atom stereocenters. The fraction of sp³-hybridized carbons (Fsp3) is 0.857. The lowest BCUT2D eigenvalue weighted by atomic mass is 9.75. The van der Waals surface area contributed by atoms with Crippen LogP contribution >= 0.6 is 12.6 Å². The zero-order valence-electron chi connectivity index (χ0n) is 11.3. The lowest BCUT2D eigenvalue weighted by Gasteiger charge is -2.38. The topological polar surface area (TPSA) is 37.4 Å². The molecule has 18 heavy (non-hydrogen) atoms. The van der Waals surface area contributed by atoms with Gasteiger partial charge >= 0.3 is 0 Å². The first-order valence-corrected chi connectivity index (χ1v) is 7.60. The number of thiol groups is 1. The van der Waals surface area contributed by atoms with E-state index < -0.39 is 0 Å². The molecule has 2 amide bonds. The van der Waals surface area contributed by atoms with Crippen molar-refractivity contribution in [1.82, 2.24) is 4.90 Å². The van der Waals surface area contributed by atoms with E-state index in [1.54, 1.807) is 0 Å². The van der Waals surface area contributed by atoms with Gasteiger partial charge in [-0.05, 0) is 24.0 Å². The highest BCUT2D eigenvalue weighted by molar-refractivity contribution is 7.80. The number of likely N-dealkylation sites (tertiary alicyclic amines) is 1. The van der Waals surface area contributed by atoms with E-state index in [1.807, 2.05) is 13.8 Å². The monoisotopic (exact) mass is 269 g/mol. The number of rotatable bonds is 3. The van der Waals surface area contributed by atoms with Crippen molar-refractivity contribution >= 4 is 24.4 Å². The normalized spacial score (nSPS) is 32.1. The molecule has 0 radical (unpaired) electrons. The van der Waals surface area contributed by atoms with E-state index in [1.165, 1.54) is 24.2 Å². The van der Waals surface area contributed by atoms with Crippen LogP contribution in [0.15, 0.2) is 0 Å². The van der Waals surface area contributed by atoms with Crippen LogP contribution in [0.3, 0.4) is 0 Å². The highest BCUT2D eigenvalue weighted by atomic mass is 32.1. The zero-order valence-corrected chi connectivity index (χ0v) is 12.2. The maximum Gasteiger partial charge on any atom is 0.232 e. The van der Waals surface area contributed by atoms with Gasteiger partial charge in [-0.25, -0.2) is 0 Å². The molecule has 2 aliphatic rings. The number of nitrogens with zero attached hydrogens (tertiary/aromatic N) is 1. The third-order valence-electron chi connectivity index (χ3n) is 4.80. The van der Waals surface area contributed by atoms with E-state index in [0.717, 1.165) is 18.6 Å².